The van der Waals surface area contributed by atoms with Gasteiger partial charge in [-0.05, 0) is 34.1 Å². The molecule has 1 unspecified atom stereocenters. The van der Waals surface area contributed by atoms with E-state index in [-0.39, 0.29) is 17.4 Å². The first-order chi connectivity index (χ1) is 10.5. The van der Waals surface area contributed by atoms with Crippen LogP contribution in [0.1, 0.15) is 46.9 Å². The van der Waals surface area contributed by atoms with Gasteiger partial charge in [0.2, 0.25) is 17.1 Å². The number of hydrogen-bond donors (Lipinski definition) is 2. The number of aromatic nitrogens is 2. The van der Waals surface area contributed by atoms with E-state index in [1.807, 2.05) is 0 Å². The van der Waals surface area contributed by atoms with Crippen molar-refractivity contribution in [2.45, 2.75) is 52.2 Å². The molecular weight excluding hydrogens is 324 g/mol. The molecule has 1 atom stereocenters. The highest BCUT2D eigenvalue weighted by molar-refractivity contribution is 7.09. The fraction of sp³-hybridized carbons (Fsp3) is 0.615. The van der Waals surface area contributed by atoms with Crippen molar-refractivity contribution < 1.29 is 24.3 Å². The number of nitrogen functional groups attached to an aromatic ring is 1. The van der Waals surface area contributed by atoms with Crippen LogP contribution in [0.5, 0.6) is 0 Å². The minimum Gasteiger partial charge on any atom is -0.476 e. The first-order valence-electron chi connectivity index (χ1n) is 6.81. The summed E-state index contributed by atoms with van der Waals surface area (Å²) in [5.41, 5.74) is 2.74. The van der Waals surface area contributed by atoms with E-state index in [0.717, 1.165) is 11.5 Å². The van der Waals surface area contributed by atoms with E-state index in [4.69, 9.17) is 15.3 Å². The first-order valence-corrected chi connectivity index (χ1v) is 7.58. The Labute approximate surface area is 137 Å². The second-order valence-electron chi connectivity index (χ2n) is 5.88. The van der Waals surface area contributed by atoms with Gasteiger partial charge in [0.15, 0.2) is 5.13 Å². The van der Waals surface area contributed by atoms with Crippen LogP contribution < -0.4 is 5.73 Å². The van der Waals surface area contributed by atoms with E-state index in [0.29, 0.717) is 0 Å². The molecule has 0 radical (unpaired) electrons. The highest BCUT2D eigenvalue weighted by Gasteiger charge is 2.39. The number of nitrogens with zero attached hydrogens (tertiary/aromatic N) is 3. The molecule has 0 spiro atoms. The summed E-state index contributed by atoms with van der Waals surface area (Å²) in [4.78, 5) is 32.4. The molecular formula is C13H20N4O5S. The Kier molecular flexibility index (Phi) is 5.65. The highest BCUT2D eigenvalue weighted by atomic mass is 32.1. The van der Waals surface area contributed by atoms with Gasteiger partial charge in [-0.1, -0.05) is 12.1 Å². The van der Waals surface area contributed by atoms with Crippen LogP contribution in [0.4, 0.5) is 5.13 Å². The van der Waals surface area contributed by atoms with Crippen LogP contribution in [0.3, 0.4) is 0 Å². The molecule has 9 nitrogen and oxygen atoms in total. The van der Waals surface area contributed by atoms with Gasteiger partial charge in [-0.3, -0.25) is 0 Å². The predicted molar refractivity (Wildman–Crippen MR) is 84.1 cm³/mol. The molecule has 23 heavy (non-hydrogen) atoms. The maximum absolute atomic E-state index is 12.2. The smallest absolute Gasteiger partial charge is 0.362 e. The molecule has 0 saturated carbocycles. The van der Waals surface area contributed by atoms with Crippen LogP contribution in [-0.2, 0) is 19.2 Å². The molecule has 0 aliphatic carbocycles. The molecule has 1 aromatic rings. The van der Waals surface area contributed by atoms with Crippen LogP contribution in [-0.4, -0.2) is 43.3 Å². The van der Waals surface area contributed by atoms with E-state index in [1.165, 1.54) is 6.92 Å². The summed E-state index contributed by atoms with van der Waals surface area (Å²) in [6.45, 7) is 8.31. The number of hydrogen-bond acceptors (Lipinski definition) is 9. The number of aliphatic carboxylic acids is 1. The Morgan fingerprint density at radius 1 is 1.35 bits per heavy atom. The summed E-state index contributed by atoms with van der Waals surface area (Å²) < 4.78 is 9.03. The Hall–Kier alpha value is -2.23. The van der Waals surface area contributed by atoms with Gasteiger partial charge in [0, 0.05) is 11.5 Å². The number of oxime groups is 1. The van der Waals surface area contributed by atoms with Gasteiger partial charge in [-0.2, -0.15) is 9.36 Å². The lowest BCUT2D eigenvalue weighted by atomic mass is 10.0. The van der Waals surface area contributed by atoms with Crippen molar-refractivity contribution in [3.63, 3.8) is 0 Å². The minimum absolute atomic E-state index is 0.0966. The van der Waals surface area contributed by atoms with Crippen LogP contribution >= 0.6 is 11.5 Å². The van der Waals surface area contributed by atoms with E-state index in [9.17, 15) is 14.7 Å². The fourth-order valence-electron chi connectivity index (χ4n) is 1.29. The zero-order valence-corrected chi connectivity index (χ0v) is 14.4. The summed E-state index contributed by atoms with van der Waals surface area (Å²) in [6, 6.07) is 0. The van der Waals surface area contributed by atoms with E-state index in [2.05, 4.69) is 14.5 Å². The van der Waals surface area contributed by atoms with E-state index in [1.54, 1.807) is 27.7 Å². The van der Waals surface area contributed by atoms with Crippen molar-refractivity contribution in [2.75, 3.05) is 5.73 Å². The molecule has 0 bridgehead atoms. The van der Waals surface area contributed by atoms with Crippen LogP contribution in [0.15, 0.2) is 5.16 Å². The third-order valence-corrected chi connectivity index (χ3v) is 3.24. The maximum Gasteiger partial charge on any atom is 0.362 e. The summed E-state index contributed by atoms with van der Waals surface area (Å²) in [7, 11) is 0. The van der Waals surface area contributed by atoms with Crippen molar-refractivity contribution in [1.82, 2.24) is 9.36 Å². The Morgan fingerprint density at radius 2 is 1.96 bits per heavy atom. The normalized spacial score (nSPS) is 14.9. The monoisotopic (exact) mass is 344 g/mol. The third kappa shape index (κ3) is 5.16. The van der Waals surface area contributed by atoms with Gasteiger partial charge >= 0.3 is 11.9 Å². The molecule has 1 rings (SSSR count). The number of anilines is 1. The van der Waals surface area contributed by atoms with E-state index < -0.39 is 28.9 Å². The molecule has 0 fully saturated rings. The summed E-state index contributed by atoms with van der Waals surface area (Å²) >= 11 is 0.829. The number of esters is 1. The summed E-state index contributed by atoms with van der Waals surface area (Å²) in [6.07, 6.45) is 0.227. The first kappa shape index (κ1) is 18.8. The van der Waals surface area contributed by atoms with Crippen molar-refractivity contribution in [2.24, 2.45) is 5.16 Å². The van der Waals surface area contributed by atoms with Gasteiger partial charge in [0.1, 0.15) is 5.60 Å². The predicted octanol–water partition coefficient (Wildman–Crippen LogP) is 1.44. The number of rotatable bonds is 6. The number of carbonyl (C=O) groups is 2. The zero-order valence-electron chi connectivity index (χ0n) is 13.6. The molecule has 0 amide bonds. The van der Waals surface area contributed by atoms with Gasteiger partial charge in [-0.25, -0.2) is 9.59 Å². The van der Waals surface area contributed by atoms with Crippen molar-refractivity contribution >= 4 is 34.3 Å². The van der Waals surface area contributed by atoms with Crippen LogP contribution in [0.2, 0.25) is 0 Å². The molecule has 1 heterocycles. The molecule has 128 valence electrons. The quantitative estimate of drug-likeness (QED) is 0.449. The average molecular weight is 344 g/mol. The van der Waals surface area contributed by atoms with Crippen LogP contribution in [0.25, 0.3) is 0 Å². The van der Waals surface area contributed by atoms with E-state index >= 15 is 0 Å². The minimum atomic E-state index is -1.43. The van der Waals surface area contributed by atoms with Crippen LogP contribution in [0, 0.1) is 0 Å². The third-order valence-electron chi connectivity index (χ3n) is 2.70. The maximum atomic E-state index is 12.2. The van der Waals surface area contributed by atoms with Gasteiger partial charge in [0.05, 0.1) is 0 Å². The molecule has 0 aliphatic heterocycles. The Bertz CT molecular complexity index is 622. The molecule has 0 saturated heterocycles. The fourth-order valence-corrected chi connectivity index (χ4v) is 1.72. The van der Waals surface area contributed by atoms with Crippen molar-refractivity contribution in [3.05, 3.63) is 5.82 Å². The lowest BCUT2D eigenvalue weighted by Gasteiger charge is -2.28. The lowest BCUT2D eigenvalue weighted by molar-refractivity contribution is -0.182. The summed E-state index contributed by atoms with van der Waals surface area (Å²) in [5.74, 6) is -2.22. The molecule has 1 aromatic heterocycles. The number of carboxylic acids is 1. The summed E-state index contributed by atoms with van der Waals surface area (Å²) in [5, 5.41) is 12.8. The molecule has 3 N–H and O–H groups in total. The lowest BCUT2D eigenvalue weighted by Crippen LogP contribution is -2.42. The van der Waals surface area contributed by atoms with Crippen molar-refractivity contribution in [1.29, 1.82) is 0 Å². The van der Waals surface area contributed by atoms with Gasteiger partial charge in [-0.15, -0.1) is 0 Å². The van der Waals surface area contributed by atoms with Crippen molar-refractivity contribution in [3.8, 4) is 0 Å². The topological polar surface area (TPSA) is 137 Å². The average Bonchev–Trinajstić information content (AvgIpc) is 2.82. The Morgan fingerprint density at radius 3 is 2.35 bits per heavy atom. The SMILES string of the molecule is CCC(C)(O/N=C(/C(=O)O)c1nsc(N)n1)C(=O)OC(C)(C)C. The zero-order chi connectivity index (χ0) is 17.8. The number of ether oxygens (including phenoxy) is 1. The number of nitrogens with two attached hydrogens (primary N) is 1. The molecule has 10 heteroatoms. The Balaban J connectivity index is 3.04. The molecule has 0 aromatic carbocycles. The van der Waals surface area contributed by atoms with Gasteiger partial charge in [0.25, 0.3) is 0 Å². The highest BCUT2D eigenvalue weighted by Crippen LogP contribution is 2.22. The van der Waals surface area contributed by atoms with Gasteiger partial charge < -0.3 is 20.4 Å². The number of carbonyl (C=O) groups excluding carboxylic acids is 1. The second kappa shape index (κ2) is 6.90. The standard InChI is InChI=1S/C13H20N4O5S/c1-6-13(5,10(20)21-12(2,3)4)22-16-7(9(18)19)8-15-11(14)23-17-8/h6H2,1-5H3,(H,18,19)(H2,14,15,17)/b16-7+. The second-order valence-corrected chi connectivity index (χ2v) is 6.66. The number of carboxylic acid groups (broad SMARTS) is 1. The molecule has 0 aliphatic rings. The largest absolute Gasteiger partial charge is 0.476 e.